The Morgan fingerprint density at radius 3 is 2.37 bits per heavy atom. The Balaban J connectivity index is 2.77. The van der Waals surface area contributed by atoms with Crippen LogP contribution in [0.2, 0.25) is 19.6 Å². The molecule has 0 radical (unpaired) electrons. The van der Waals surface area contributed by atoms with Gasteiger partial charge in [0.1, 0.15) is 0 Å². The molecule has 0 aliphatic carbocycles. The van der Waals surface area contributed by atoms with Crippen LogP contribution in [0.25, 0.3) is 0 Å². The molecule has 7 heteroatoms. The van der Waals surface area contributed by atoms with Crippen LogP contribution in [0.1, 0.15) is 5.56 Å². The SMILES string of the molecule is C[Si](C)(C)OC(=C\Br)/N=C/c1ccc([N+](=O)[O-])cc1. The molecule has 102 valence electrons. The summed E-state index contributed by atoms with van der Waals surface area (Å²) in [7, 11) is -1.70. The first-order valence-corrected chi connectivity index (χ1v) is 9.92. The van der Waals surface area contributed by atoms with Crippen LogP contribution in [0.5, 0.6) is 0 Å². The Labute approximate surface area is 121 Å². The zero-order chi connectivity index (χ0) is 14.5. The third kappa shape index (κ3) is 5.80. The van der Waals surface area contributed by atoms with E-state index in [1.54, 1.807) is 23.3 Å². The van der Waals surface area contributed by atoms with E-state index in [-0.39, 0.29) is 5.69 Å². The monoisotopic (exact) mass is 342 g/mol. The molecule has 0 unspecified atom stereocenters. The van der Waals surface area contributed by atoms with Crippen molar-refractivity contribution in [3.05, 3.63) is 50.8 Å². The molecule has 1 aromatic carbocycles. The molecule has 0 aliphatic heterocycles. The highest BCUT2D eigenvalue weighted by atomic mass is 79.9. The van der Waals surface area contributed by atoms with Crippen LogP contribution >= 0.6 is 15.9 Å². The Bertz CT molecular complexity index is 507. The van der Waals surface area contributed by atoms with E-state index in [9.17, 15) is 10.1 Å². The minimum Gasteiger partial charge on any atom is -0.531 e. The predicted octanol–water partition coefficient (Wildman–Crippen LogP) is 4.06. The Morgan fingerprint density at radius 2 is 1.95 bits per heavy atom. The number of aliphatic imine (C=N–C) groups is 1. The molecule has 0 amide bonds. The van der Waals surface area contributed by atoms with E-state index in [1.165, 1.54) is 12.1 Å². The van der Waals surface area contributed by atoms with E-state index in [2.05, 4.69) is 40.6 Å². The van der Waals surface area contributed by atoms with Gasteiger partial charge in [-0.15, -0.1) is 0 Å². The molecule has 0 aliphatic rings. The van der Waals surface area contributed by atoms with E-state index in [0.29, 0.717) is 5.88 Å². The quantitative estimate of drug-likeness (QED) is 0.266. The highest BCUT2D eigenvalue weighted by Gasteiger charge is 2.16. The van der Waals surface area contributed by atoms with Crippen molar-refractivity contribution >= 4 is 36.1 Å². The number of benzene rings is 1. The van der Waals surface area contributed by atoms with Gasteiger partial charge in [0.05, 0.1) is 4.92 Å². The Hall–Kier alpha value is -1.47. The van der Waals surface area contributed by atoms with Gasteiger partial charge in [0, 0.05) is 23.3 Å². The van der Waals surface area contributed by atoms with E-state index in [4.69, 9.17) is 4.43 Å². The maximum absolute atomic E-state index is 10.5. The number of halogens is 1. The first kappa shape index (κ1) is 15.6. The van der Waals surface area contributed by atoms with E-state index in [0.717, 1.165) is 5.56 Å². The van der Waals surface area contributed by atoms with Crippen LogP contribution in [0.4, 0.5) is 5.69 Å². The van der Waals surface area contributed by atoms with Crippen molar-refractivity contribution in [2.75, 3.05) is 0 Å². The van der Waals surface area contributed by atoms with Gasteiger partial charge in [-0.05, 0) is 37.3 Å². The largest absolute Gasteiger partial charge is 0.531 e. The second-order valence-electron chi connectivity index (χ2n) is 4.77. The number of rotatable bonds is 5. The predicted molar refractivity (Wildman–Crippen MR) is 82.1 cm³/mol. The molecule has 19 heavy (non-hydrogen) atoms. The number of nitrogens with zero attached hydrogens (tertiary/aromatic N) is 2. The summed E-state index contributed by atoms with van der Waals surface area (Å²) in [6.45, 7) is 6.18. The van der Waals surface area contributed by atoms with Crippen LogP contribution < -0.4 is 0 Å². The summed E-state index contributed by atoms with van der Waals surface area (Å²) in [4.78, 5) is 15.9. The fourth-order valence-corrected chi connectivity index (χ4v) is 2.33. The van der Waals surface area contributed by atoms with Crippen molar-refractivity contribution in [2.24, 2.45) is 4.99 Å². The third-order valence-electron chi connectivity index (χ3n) is 1.95. The third-order valence-corrected chi connectivity index (χ3v) is 3.16. The zero-order valence-electron chi connectivity index (χ0n) is 11.0. The van der Waals surface area contributed by atoms with Crippen molar-refractivity contribution in [3.8, 4) is 0 Å². The van der Waals surface area contributed by atoms with Crippen LogP contribution in [0.15, 0.2) is 40.1 Å². The lowest BCUT2D eigenvalue weighted by molar-refractivity contribution is -0.384. The highest BCUT2D eigenvalue weighted by Crippen LogP contribution is 2.14. The minimum absolute atomic E-state index is 0.0618. The molecule has 0 aromatic heterocycles. The second-order valence-corrected chi connectivity index (χ2v) is 9.66. The molecule has 0 fully saturated rings. The zero-order valence-corrected chi connectivity index (χ0v) is 13.5. The second kappa shape index (κ2) is 6.62. The van der Waals surface area contributed by atoms with Crippen molar-refractivity contribution in [2.45, 2.75) is 19.6 Å². The number of nitro benzene ring substituents is 1. The summed E-state index contributed by atoms with van der Waals surface area (Å²) in [5.41, 5.74) is 0.836. The fourth-order valence-electron chi connectivity index (χ4n) is 1.21. The number of hydrogen-bond donors (Lipinski definition) is 0. The summed E-state index contributed by atoms with van der Waals surface area (Å²) < 4.78 is 5.72. The van der Waals surface area contributed by atoms with Crippen molar-refractivity contribution in [1.29, 1.82) is 0 Å². The Morgan fingerprint density at radius 1 is 1.37 bits per heavy atom. The maximum atomic E-state index is 10.5. The van der Waals surface area contributed by atoms with E-state index in [1.807, 2.05) is 0 Å². The average Bonchev–Trinajstić information content (AvgIpc) is 2.33. The van der Waals surface area contributed by atoms with Gasteiger partial charge in [0.25, 0.3) is 5.69 Å². The fraction of sp³-hybridized carbons (Fsp3) is 0.250. The first-order valence-electron chi connectivity index (χ1n) is 5.60. The smallest absolute Gasteiger partial charge is 0.269 e. The molecule has 5 nitrogen and oxygen atoms in total. The summed E-state index contributed by atoms with van der Waals surface area (Å²) in [6, 6.07) is 6.17. The molecular formula is C12H15BrN2O3Si. The van der Waals surface area contributed by atoms with Gasteiger partial charge in [0.2, 0.25) is 14.2 Å². The van der Waals surface area contributed by atoms with Crippen molar-refractivity contribution in [3.63, 3.8) is 0 Å². The molecule has 0 saturated heterocycles. The van der Waals surface area contributed by atoms with E-state index >= 15 is 0 Å². The van der Waals surface area contributed by atoms with Gasteiger partial charge in [0.15, 0.2) is 0 Å². The molecule has 1 aromatic rings. The van der Waals surface area contributed by atoms with Gasteiger partial charge in [-0.1, -0.05) is 15.9 Å². The van der Waals surface area contributed by atoms with Gasteiger partial charge >= 0.3 is 0 Å². The molecule has 0 N–H and O–H groups in total. The summed E-state index contributed by atoms with van der Waals surface area (Å²) in [5.74, 6) is 0.498. The topological polar surface area (TPSA) is 64.7 Å². The van der Waals surface area contributed by atoms with Crippen LogP contribution in [0.3, 0.4) is 0 Å². The van der Waals surface area contributed by atoms with Crippen LogP contribution in [-0.4, -0.2) is 19.5 Å². The molecular weight excluding hydrogens is 328 g/mol. The van der Waals surface area contributed by atoms with Crippen LogP contribution in [-0.2, 0) is 4.43 Å². The molecule has 0 saturated carbocycles. The lowest BCUT2D eigenvalue weighted by Crippen LogP contribution is -2.24. The van der Waals surface area contributed by atoms with Crippen molar-refractivity contribution < 1.29 is 9.35 Å². The normalized spacial score (nSPS) is 12.7. The van der Waals surface area contributed by atoms with E-state index < -0.39 is 13.2 Å². The van der Waals surface area contributed by atoms with Gasteiger partial charge in [-0.3, -0.25) is 10.1 Å². The lowest BCUT2D eigenvalue weighted by Gasteiger charge is -2.18. The Kier molecular flexibility index (Phi) is 5.43. The summed E-state index contributed by atoms with van der Waals surface area (Å²) >= 11 is 3.20. The number of nitro groups is 1. The summed E-state index contributed by atoms with van der Waals surface area (Å²) in [5, 5.41) is 10.5. The molecule has 0 bridgehead atoms. The maximum Gasteiger partial charge on any atom is 0.269 e. The molecule has 0 atom stereocenters. The molecule has 0 heterocycles. The molecule has 0 spiro atoms. The lowest BCUT2D eigenvalue weighted by atomic mass is 10.2. The van der Waals surface area contributed by atoms with Gasteiger partial charge in [-0.25, -0.2) is 4.99 Å². The highest BCUT2D eigenvalue weighted by molar-refractivity contribution is 9.11. The van der Waals surface area contributed by atoms with Gasteiger partial charge in [-0.2, -0.15) is 0 Å². The van der Waals surface area contributed by atoms with Gasteiger partial charge < -0.3 is 4.43 Å². The standard InChI is InChI=1S/C12H15BrN2O3Si/c1-19(2,3)18-12(8-13)14-9-10-4-6-11(7-5-10)15(16)17/h4-9H,1-3H3/b12-8-,14-9+. The average molecular weight is 343 g/mol. The number of non-ortho nitro benzene ring substituents is 1. The molecule has 1 rings (SSSR count). The minimum atomic E-state index is -1.70. The first-order chi connectivity index (χ1) is 8.81. The van der Waals surface area contributed by atoms with Crippen LogP contribution in [0, 0.1) is 10.1 Å². The number of hydrogen-bond acceptors (Lipinski definition) is 4. The summed E-state index contributed by atoms with van der Waals surface area (Å²) in [6.07, 6.45) is 1.61. The van der Waals surface area contributed by atoms with Crippen molar-refractivity contribution in [1.82, 2.24) is 0 Å².